The number of methoxy groups -OCH3 is 2. The second-order valence-electron chi connectivity index (χ2n) is 5.68. The van der Waals surface area contributed by atoms with E-state index < -0.39 is 5.97 Å². The number of benzene rings is 2. The average molecular weight is 381 g/mol. The van der Waals surface area contributed by atoms with Crippen LogP contribution in [0.4, 0.5) is 5.69 Å². The molecule has 0 fully saturated rings. The normalized spacial score (nSPS) is 10.4. The van der Waals surface area contributed by atoms with Crippen molar-refractivity contribution in [2.45, 2.75) is 0 Å². The topological polar surface area (TPSA) is 65.1 Å². The second-order valence-corrected chi connectivity index (χ2v) is 5.68. The molecule has 0 aliphatic rings. The van der Waals surface area contributed by atoms with Crippen LogP contribution in [-0.2, 0) is 14.3 Å². The minimum Gasteiger partial charge on any atom is -0.497 e. The first kappa shape index (κ1) is 20.8. The number of ether oxygens (including phenoxy) is 3. The van der Waals surface area contributed by atoms with Crippen molar-refractivity contribution in [2.24, 2.45) is 0 Å². The number of nitrogens with zero attached hydrogens (tertiary/aromatic N) is 1. The van der Waals surface area contributed by atoms with E-state index in [1.807, 2.05) is 18.2 Å². The molecule has 0 bridgehead atoms. The highest BCUT2D eigenvalue weighted by atomic mass is 16.5. The fourth-order valence-electron chi connectivity index (χ4n) is 2.46. The maximum atomic E-state index is 12.4. The molecule has 0 saturated heterocycles. The highest BCUT2D eigenvalue weighted by Gasteiger charge is 2.15. The molecule has 0 radical (unpaired) electrons. The first-order valence-corrected chi connectivity index (χ1v) is 8.62. The van der Waals surface area contributed by atoms with Crippen LogP contribution in [0.15, 0.2) is 67.3 Å². The number of hydrogen-bond donors (Lipinski definition) is 0. The van der Waals surface area contributed by atoms with Crippen LogP contribution in [0.1, 0.15) is 5.56 Å². The molecule has 0 N–H and O–H groups in total. The number of carbonyl (C=O) groups excluding carboxylic acids is 2. The van der Waals surface area contributed by atoms with Crippen molar-refractivity contribution in [2.75, 3.05) is 32.3 Å². The maximum Gasteiger partial charge on any atom is 0.331 e. The molecule has 1 amide bonds. The molecule has 6 nitrogen and oxygen atoms in total. The Morgan fingerprint density at radius 3 is 2.46 bits per heavy atom. The predicted octanol–water partition coefficient (Wildman–Crippen LogP) is 3.48. The molecule has 0 spiro atoms. The number of rotatable bonds is 9. The Hall–Kier alpha value is -3.54. The molecule has 0 aromatic heterocycles. The zero-order valence-electron chi connectivity index (χ0n) is 16.0. The number of esters is 1. The molecule has 0 aliphatic carbocycles. The number of amides is 1. The van der Waals surface area contributed by atoms with Crippen LogP contribution < -0.4 is 14.4 Å². The van der Waals surface area contributed by atoms with Crippen LogP contribution >= 0.6 is 0 Å². The minimum absolute atomic E-state index is 0.319. The van der Waals surface area contributed by atoms with Gasteiger partial charge in [0.15, 0.2) is 6.61 Å². The second kappa shape index (κ2) is 10.6. The van der Waals surface area contributed by atoms with Crippen molar-refractivity contribution in [3.8, 4) is 11.5 Å². The van der Waals surface area contributed by atoms with Crippen LogP contribution in [-0.4, -0.2) is 39.2 Å². The summed E-state index contributed by atoms with van der Waals surface area (Å²) in [7, 11) is 3.09. The lowest BCUT2D eigenvalue weighted by molar-refractivity contribution is -0.142. The lowest BCUT2D eigenvalue weighted by Gasteiger charge is -2.20. The molecule has 2 rings (SSSR count). The lowest BCUT2D eigenvalue weighted by Crippen LogP contribution is -2.34. The molecule has 6 heteroatoms. The average Bonchev–Trinajstić information content (AvgIpc) is 2.74. The van der Waals surface area contributed by atoms with Gasteiger partial charge < -0.3 is 19.1 Å². The summed E-state index contributed by atoms with van der Waals surface area (Å²) in [5.41, 5.74) is 1.39. The zero-order valence-corrected chi connectivity index (χ0v) is 16.0. The Morgan fingerprint density at radius 1 is 1.07 bits per heavy atom. The van der Waals surface area contributed by atoms with E-state index in [4.69, 9.17) is 14.2 Å². The Morgan fingerprint density at radius 2 is 1.82 bits per heavy atom. The Labute approximate surface area is 164 Å². The first-order valence-electron chi connectivity index (χ1n) is 8.62. The predicted molar refractivity (Wildman–Crippen MR) is 109 cm³/mol. The number of carbonyl (C=O) groups is 2. The molecular weight excluding hydrogens is 358 g/mol. The quantitative estimate of drug-likeness (QED) is 0.378. The minimum atomic E-state index is -0.627. The number of hydrogen-bond acceptors (Lipinski definition) is 5. The van der Waals surface area contributed by atoms with Gasteiger partial charge in [0.1, 0.15) is 11.5 Å². The summed E-state index contributed by atoms with van der Waals surface area (Å²) >= 11 is 0. The van der Waals surface area contributed by atoms with Gasteiger partial charge in [0, 0.05) is 29.9 Å². The highest BCUT2D eigenvalue weighted by molar-refractivity contribution is 5.96. The Bertz CT molecular complexity index is 845. The lowest BCUT2D eigenvalue weighted by atomic mass is 10.2. The van der Waals surface area contributed by atoms with Gasteiger partial charge in [0.05, 0.1) is 14.2 Å². The van der Waals surface area contributed by atoms with E-state index in [2.05, 4.69) is 6.58 Å². The third-order valence-corrected chi connectivity index (χ3v) is 3.86. The standard InChI is InChI=1S/C22H23NO5/c1-4-14-23(18-8-6-5-7-9-18)21(24)16-28-22(25)13-11-17-10-12-19(26-2)15-20(17)27-3/h4-13,15H,1,14,16H2,2-3H3/b13-11+. The van der Waals surface area contributed by atoms with Gasteiger partial charge in [-0.3, -0.25) is 4.79 Å². The SMILES string of the molecule is C=CCN(C(=O)COC(=O)/C=C/c1ccc(OC)cc1OC)c1ccccc1. The summed E-state index contributed by atoms with van der Waals surface area (Å²) < 4.78 is 15.5. The van der Waals surface area contributed by atoms with E-state index in [9.17, 15) is 9.59 Å². The Balaban J connectivity index is 1.98. The molecule has 28 heavy (non-hydrogen) atoms. The van der Waals surface area contributed by atoms with Crippen LogP contribution in [0.5, 0.6) is 11.5 Å². The van der Waals surface area contributed by atoms with Gasteiger partial charge in [0.25, 0.3) is 5.91 Å². The highest BCUT2D eigenvalue weighted by Crippen LogP contribution is 2.25. The van der Waals surface area contributed by atoms with Crippen molar-refractivity contribution in [3.05, 3.63) is 72.8 Å². The Kier molecular flexibility index (Phi) is 7.84. The van der Waals surface area contributed by atoms with Crippen LogP contribution in [0.3, 0.4) is 0 Å². The number of para-hydroxylation sites is 1. The third-order valence-electron chi connectivity index (χ3n) is 3.86. The summed E-state index contributed by atoms with van der Waals surface area (Å²) in [4.78, 5) is 25.9. The van der Waals surface area contributed by atoms with Gasteiger partial charge in [-0.05, 0) is 30.3 Å². The van der Waals surface area contributed by atoms with Crippen molar-refractivity contribution in [1.29, 1.82) is 0 Å². The van der Waals surface area contributed by atoms with Gasteiger partial charge >= 0.3 is 5.97 Å². The van der Waals surface area contributed by atoms with Crippen molar-refractivity contribution < 1.29 is 23.8 Å². The monoisotopic (exact) mass is 381 g/mol. The van der Waals surface area contributed by atoms with Crippen LogP contribution in [0.25, 0.3) is 6.08 Å². The van der Waals surface area contributed by atoms with Crippen molar-refractivity contribution in [1.82, 2.24) is 0 Å². The smallest absolute Gasteiger partial charge is 0.331 e. The largest absolute Gasteiger partial charge is 0.497 e. The summed E-state index contributed by atoms with van der Waals surface area (Å²) in [6.45, 7) is 3.61. The molecule has 0 saturated carbocycles. The van der Waals surface area contributed by atoms with Crippen molar-refractivity contribution >= 4 is 23.6 Å². The summed E-state index contributed by atoms with van der Waals surface area (Å²) in [6, 6.07) is 14.3. The summed E-state index contributed by atoms with van der Waals surface area (Å²) in [5, 5.41) is 0. The van der Waals surface area contributed by atoms with Gasteiger partial charge in [-0.1, -0.05) is 24.3 Å². The fourth-order valence-corrected chi connectivity index (χ4v) is 2.46. The van der Waals surface area contributed by atoms with Crippen LogP contribution in [0, 0.1) is 0 Å². The van der Waals surface area contributed by atoms with Gasteiger partial charge in [0.2, 0.25) is 0 Å². The van der Waals surface area contributed by atoms with Crippen LogP contribution in [0.2, 0.25) is 0 Å². The molecule has 0 heterocycles. The molecule has 0 unspecified atom stereocenters. The number of anilines is 1. The van der Waals surface area contributed by atoms with Gasteiger partial charge in [-0.15, -0.1) is 6.58 Å². The first-order chi connectivity index (χ1) is 13.6. The van der Waals surface area contributed by atoms with Gasteiger partial charge in [-0.2, -0.15) is 0 Å². The van der Waals surface area contributed by atoms with Crippen molar-refractivity contribution in [3.63, 3.8) is 0 Å². The van der Waals surface area contributed by atoms with E-state index in [1.54, 1.807) is 49.6 Å². The molecule has 2 aromatic rings. The molecule has 146 valence electrons. The van der Waals surface area contributed by atoms with E-state index in [0.717, 1.165) is 0 Å². The van der Waals surface area contributed by atoms with Gasteiger partial charge in [-0.25, -0.2) is 4.79 Å². The van der Waals surface area contributed by atoms with E-state index >= 15 is 0 Å². The van der Waals surface area contributed by atoms with E-state index in [-0.39, 0.29) is 12.5 Å². The maximum absolute atomic E-state index is 12.4. The van der Waals surface area contributed by atoms with E-state index in [1.165, 1.54) is 18.1 Å². The molecule has 0 atom stereocenters. The molecule has 2 aromatic carbocycles. The fraction of sp³-hybridized carbons (Fsp3) is 0.182. The summed E-state index contributed by atoms with van der Waals surface area (Å²) in [6.07, 6.45) is 4.42. The molecular formula is C22H23NO5. The molecule has 0 aliphatic heterocycles. The zero-order chi connectivity index (χ0) is 20.4. The third kappa shape index (κ3) is 5.74. The summed E-state index contributed by atoms with van der Waals surface area (Å²) in [5.74, 6) is 0.235. The van der Waals surface area contributed by atoms with E-state index in [0.29, 0.717) is 29.3 Å².